The van der Waals surface area contributed by atoms with Crippen molar-refractivity contribution < 1.29 is 18.7 Å². The van der Waals surface area contributed by atoms with E-state index in [0.29, 0.717) is 30.2 Å². The Labute approximate surface area is 268 Å². The second-order valence-electron chi connectivity index (χ2n) is 12.3. The van der Waals surface area contributed by atoms with Crippen molar-refractivity contribution in [1.29, 1.82) is 0 Å². The van der Waals surface area contributed by atoms with E-state index < -0.39 is 14.3 Å². The summed E-state index contributed by atoms with van der Waals surface area (Å²) in [5.41, 5.74) is 9.07. The molecule has 0 bridgehead atoms. The minimum Gasteiger partial charge on any atom is -0.496 e. The Morgan fingerprint density at radius 2 is 1.58 bits per heavy atom. The summed E-state index contributed by atoms with van der Waals surface area (Å²) in [7, 11) is 0.237. The van der Waals surface area contributed by atoms with E-state index in [1.807, 2.05) is 6.92 Å². The van der Waals surface area contributed by atoms with Crippen molar-refractivity contribution in [3.8, 4) is 5.75 Å². The van der Waals surface area contributed by atoms with E-state index in [0.717, 1.165) is 29.7 Å². The number of aryl methyl sites for hydroxylation is 1. The van der Waals surface area contributed by atoms with E-state index in [4.69, 9.17) is 19.6 Å². The van der Waals surface area contributed by atoms with Gasteiger partial charge in [-0.15, -0.1) is 0 Å². The van der Waals surface area contributed by atoms with E-state index in [-0.39, 0.29) is 17.0 Å². The molecule has 0 aliphatic heterocycles. The maximum absolute atomic E-state index is 12.3. The fraction of sp³-hybridized carbons (Fsp3) is 0.361. The number of benzene rings is 3. The Hall–Kier alpha value is -4.21. The van der Waals surface area contributed by atoms with Gasteiger partial charge in [-0.05, 0) is 52.5 Å². The number of hydrogen-bond acceptors (Lipinski definition) is 8. The second kappa shape index (κ2) is 14.7. The number of esters is 1. The number of carbonyl (C=O) groups is 1. The molecule has 0 aliphatic rings. The molecule has 0 unspecified atom stereocenters. The molecular weight excluding hydrogens is 581 g/mol. The second-order valence-corrected chi connectivity index (χ2v) is 16.6. The molecule has 3 aromatic carbocycles. The van der Waals surface area contributed by atoms with Gasteiger partial charge in [0.2, 0.25) is 5.95 Å². The standard InChI is InChI=1S/C36H46N4O4Si/c1-8-15-28(24-44-45(36(3,4)5,29-16-11-9-12-17-29)30-18-13-10-14-19-30)39-33-31(25(2)38-35(37)40-33)23-27-22-26(34(41)43-7)20-21-32(27)42-6/h9-14,16-22,28H,8,15,23-24H2,1-7H3,(H3,37,38,39,40)/t28-/m0/s1. The lowest BCUT2D eigenvalue weighted by atomic mass is 10.0. The van der Waals surface area contributed by atoms with Crippen LogP contribution in [0, 0.1) is 6.92 Å². The summed E-state index contributed by atoms with van der Waals surface area (Å²) in [6.07, 6.45) is 2.24. The first-order valence-electron chi connectivity index (χ1n) is 15.4. The van der Waals surface area contributed by atoms with Gasteiger partial charge >= 0.3 is 5.97 Å². The summed E-state index contributed by atoms with van der Waals surface area (Å²) in [5.74, 6) is 1.09. The number of carbonyl (C=O) groups excluding carboxylic acids is 1. The zero-order valence-electron chi connectivity index (χ0n) is 27.5. The number of rotatable bonds is 13. The van der Waals surface area contributed by atoms with Crippen molar-refractivity contribution >= 4 is 36.4 Å². The molecule has 0 saturated heterocycles. The van der Waals surface area contributed by atoms with E-state index >= 15 is 0 Å². The molecule has 1 aromatic heterocycles. The van der Waals surface area contributed by atoms with Gasteiger partial charge in [0, 0.05) is 23.7 Å². The molecule has 0 aliphatic carbocycles. The summed E-state index contributed by atoms with van der Waals surface area (Å²) >= 11 is 0. The number of methoxy groups -OCH3 is 2. The van der Waals surface area contributed by atoms with Gasteiger partial charge in [0.25, 0.3) is 8.32 Å². The summed E-state index contributed by atoms with van der Waals surface area (Å²) in [6.45, 7) is 11.4. The largest absolute Gasteiger partial charge is 0.496 e. The van der Waals surface area contributed by atoms with Crippen LogP contribution in [0.1, 0.15) is 67.7 Å². The van der Waals surface area contributed by atoms with E-state index in [2.05, 4.69) is 104 Å². The number of aromatic nitrogens is 2. The van der Waals surface area contributed by atoms with Crippen LogP contribution in [0.5, 0.6) is 5.75 Å². The number of ether oxygens (including phenoxy) is 2. The van der Waals surface area contributed by atoms with E-state index in [9.17, 15) is 4.79 Å². The number of nitrogens with one attached hydrogen (secondary N) is 1. The molecule has 9 heteroatoms. The summed E-state index contributed by atoms with van der Waals surface area (Å²) in [4.78, 5) is 21.5. The van der Waals surface area contributed by atoms with Gasteiger partial charge in [-0.1, -0.05) is 94.8 Å². The molecule has 238 valence electrons. The lowest BCUT2D eigenvalue weighted by Gasteiger charge is -2.43. The van der Waals surface area contributed by atoms with Crippen LogP contribution in [0.25, 0.3) is 0 Å². The average molecular weight is 627 g/mol. The molecule has 0 amide bonds. The molecule has 45 heavy (non-hydrogen) atoms. The van der Waals surface area contributed by atoms with E-state index in [1.54, 1.807) is 25.3 Å². The van der Waals surface area contributed by atoms with Crippen molar-refractivity contribution in [2.45, 2.75) is 65.0 Å². The third-order valence-electron chi connectivity index (χ3n) is 8.20. The number of nitrogens with zero attached hydrogens (tertiary/aromatic N) is 2. The minimum absolute atomic E-state index is 0.0487. The van der Waals surface area contributed by atoms with Crippen molar-refractivity contribution in [3.05, 3.63) is 101 Å². The van der Waals surface area contributed by atoms with Gasteiger partial charge in [-0.2, -0.15) is 4.98 Å². The maximum atomic E-state index is 12.3. The fourth-order valence-corrected chi connectivity index (χ4v) is 10.6. The molecule has 4 aromatic rings. The highest BCUT2D eigenvalue weighted by Gasteiger charge is 2.50. The zero-order chi connectivity index (χ0) is 32.6. The monoisotopic (exact) mass is 626 g/mol. The molecule has 1 atom stereocenters. The summed E-state index contributed by atoms with van der Waals surface area (Å²) < 4.78 is 17.9. The zero-order valence-corrected chi connectivity index (χ0v) is 28.5. The third kappa shape index (κ3) is 7.54. The number of anilines is 2. The topological polar surface area (TPSA) is 109 Å². The average Bonchev–Trinajstić information content (AvgIpc) is 3.03. The van der Waals surface area contributed by atoms with Gasteiger partial charge in [-0.25, -0.2) is 9.78 Å². The minimum atomic E-state index is -2.75. The molecule has 1 heterocycles. The van der Waals surface area contributed by atoms with E-state index in [1.165, 1.54) is 17.5 Å². The Kier molecular flexibility index (Phi) is 11.0. The highest BCUT2D eigenvalue weighted by atomic mass is 28.4. The van der Waals surface area contributed by atoms with Crippen LogP contribution >= 0.6 is 0 Å². The normalized spacial score (nSPS) is 12.4. The molecule has 4 rings (SSSR count). The van der Waals surface area contributed by atoms with Crippen LogP contribution in [0.3, 0.4) is 0 Å². The first-order valence-corrected chi connectivity index (χ1v) is 17.3. The first kappa shape index (κ1) is 33.7. The molecule has 0 fully saturated rings. The smallest absolute Gasteiger partial charge is 0.337 e. The number of nitrogens with two attached hydrogens (primary N) is 1. The van der Waals surface area contributed by atoms with Gasteiger partial charge in [-0.3, -0.25) is 0 Å². The Morgan fingerprint density at radius 3 is 2.11 bits per heavy atom. The lowest BCUT2D eigenvalue weighted by molar-refractivity contribution is 0.0600. The Morgan fingerprint density at radius 1 is 0.956 bits per heavy atom. The molecule has 8 nitrogen and oxygen atoms in total. The van der Waals surface area contributed by atoms with Gasteiger partial charge in [0.15, 0.2) is 0 Å². The van der Waals surface area contributed by atoms with Crippen LogP contribution in [-0.2, 0) is 15.6 Å². The predicted octanol–water partition coefficient (Wildman–Crippen LogP) is 5.91. The SMILES string of the molecule is CCC[C@@H](CO[Si](c1ccccc1)(c1ccccc1)C(C)(C)C)Nc1nc(N)nc(C)c1Cc1cc(C(=O)OC)ccc1OC. The van der Waals surface area contributed by atoms with Gasteiger partial charge in [0.05, 0.1) is 26.4 Å². The predicted molar refractivity (Wildman–Crippen MR) is 184 cm³/mol. The number of nitrogen functional groups attached to an aromatic ring is 1. The molecule has 3 N–H and O–H groups in total. The van der Waals surface area contributed by atoms with Crippen LogP contribution in [0.2, 0.25) is 5.04 Å². The van der Waals surface area contributed by atoms with Crippen LogP contribution < -0.4 is 26.2 Å². The molecule has 0 saturated carbocycles. The first-order chi connectivity index (χ1) is 21.5. The van der Waals surface area contributed by atoms with Crippen molar-refractivity contribution in [2.24, 2.45) is 0 Å². The number of hydrogen-bond donors (Lipinski definition) is 2. The Bertz CT molecular complexity index is 1540. The Balaban J connectivity index is 1.72. The lowest BCUT2D eigenvalue weighted by Crippen LogP contribution is -2.67. The van der Waals surface area contributed by atoms with Crippen LogP contribution in [0.15, 0.2) is 78.9 Å². The van der Waals surface area contributed by atoms with Crippen molar-refractivity contribution in [1.82, 2.24) is 9.97 Å². The maximum Gasteiger partial charge on any atom is 0.337 e. The quantitative estimate of drug-likeness (QED) is 0.139. The van der Waals surface area contributed by atoms with Crippen LogP contribution in [0.4, 0.5) is 11.8 Å². The molecule has 0 radical (unpaired) electrons. The molecular formula is C36H46N4O4Si. The van der Waals surface area contributed by atoms with Gasteiger partial charge in [0.1, 0.15) is 11.6 Å². The summed E-state index contributed by atoms with van der Waals surface area (Å²) in [6, 6.07) is 26.5. The highest BCUT2D eigenvalue weighted by Crippen LogP contribution is 2.37. The van der Waals surface area contributed by atoms with Crippen molar-refractivity contribution in [2.75, 3.05) is 31.9 Å². The third-order valence-corrected chi connectivity index (χ3v) is 13.2. The molecule has 0 spiro atoms. The van der Waals surface area contributed by atoms with Crippen LogP contribution in [-0.4, -0.2) is 51.1 Å². The van der Waals surface area contributed by atoms with Gasteiger partial charge < -0.3 is 25.0 Å². The highest BCUT2D eigenvalue weighted by molar-refractivity contribution is 6.99. The summed E-state index contributed by atoms with van der Waals surface area (Å²) in [5, 5.41) is 6.02. The fourth-order valence-electron chi connectivity index (χ4n) is 6.03. The van der Waals surface area contributed by atoms with Crippen molar-refractivity contribution in [3.63, 3.8) is 0 Å².